The van der Waals surface area contributed by atoms with Crippen LogP contribution in [0.25, 0.3) is 5.57 Å². The van der Waals surface area contributed by atoms with Crippen molar-refractivity contribution in [2.75, 3.05) is 11.9 Å². The third kappa shape index (κ3) is 4.29. The highest BCUT2D eigenvalue weighted by Crippen LogP contribution is 2.35. The molecule has 1 N–H and O–H groups in total. The minimum absolute atomic E-state index is 0.175. The molecule has 3 rings (SSSR count). The van der Waals surface area contributed by atoms with Gasteiger partial charge in [-0.1, -0.05) is 48.0 Å². The fourth-order valence-electron chi connectivity index (χ4n) is 2.71. The highest BCUT2D eigenvalue weighted by molar-refractivity contribution is 6.24. The Morgan fingerprint density at radius 3 is 2.69 bits per heavy atom. The van der Waals surface area contributed by atoms with Gasteiger partial charge >= 0.3 is 0 Å². The van der Waals surface area contributed by atoms with Crippen molar-refractivity contribution in [1.29, 1.82) is 0 Å². The third-order valence-electron chi connectivity index (χ3n) is 4.03. The smallest absolute Gasteiger partial charge is 0.274 e. The third-order valence-corrected chi connectivity index (χ3v) is 4.39. The van der Waals surface area contributed by atoms with Gasteiger partial charge in [0, 0.05) is 19.2 Å². The monoisotopic (exact) mass is 370 g/mol. The molecule has 26 heavy (non-hydrogen) atoms. The summed E-state index contributed by atoms with van der Waals surface area (Å²) in [6.45, 7) is 7.62. The molecule has 1 aliphatic heterocycles. The van der Waals surface area contributed by atoms with Crippen LogP contribution in [0.3, 0.4) is 0 Å². The van der Waals surface area contributed by atoms with Crippen LogP contribution in [0.1, 0.15) is 25.1 Å². The maximum Gasteiger partial charge on any atom is 0.274 e. The summed E-state index contributed by atoms with van der Waals surface area (Å²) < 4.78 is 0. The highest BCUT2D eigenvalue weighted by Gasteiger charge is 2.29. The Morgan fingerprint density at radius 1 is 1.42 bits per heavy atom. The van der Waals surface area contributed by atoms with E-state index in [1.165, 1.54) is 6.33 Å². The predicted octanol–water partition coefficient (Wildman–Crippen LogP) is 4.02. The van der Waals surface area contributed by atoms with Crippen molar-refractivity contribution >= 4 is 29.6 Å². The molecule has 1 atom stereocenters. The molecule has 1 aromatic carbocycles. The van der Waals surface area contributed by atoms with E-state index in [4.69, 9.17) is 11.6 Å². The van der Waals surface area contributed by atoms with Crippen LogP contribution in [0.5, 0.6) is 0 Å². The number of rotatable bonds is 3. The number of aliphatic imine (C=N–C) groups is 1. The van der Waals surface area contributed by atoms with Gasteiger partial charge in [-0.05, 0) is 37.8 Å². The molecule has 5 nitrogen and oxygen atoms in total. The molecule has 0 fully saturated rings. The topological polar surface area (TPSA) is 61.4 Å². The van der Waals surface area contributed by atoms with Crippen molar-refractivity contribution in [1.82, 2.24) is 9.97 Å². The Bertz CT molecular complexity index is 871. The van der Waals surface area contributed by atoms with Crippen molar-refractivity contribution in [3.8, 4) is 0 Å². The lowest BCUT2D eigenvalue weighted by molar-refractivity contribution is 0.798. The summed E-state index contributed by atoms with van der Waals surface area (Å²) in [6.07, 6.45) is 5.39. The number of benzene rings is 1. The molecule has 2 aromatic rings. The Labute approximate surface area is 158 Å². The van der Waals surface area contributed by atoms with E-state index < -0.39 is 5.50 Å². The molecule has 0 amide bonds. The van der Waals surface area contributed by atoms with Crippen molar-refractivity contribution in [3.63, 3.8) is 0 Å². The Morgan fingerprint density at radius 2 is 2.08 bits per heavy atom. The molecule has 1 aromatic heterocycles. The average Bonchev–Trinajstić information content (AvgIpc) is 2.65. The molecule has 0 saturated carbocycles. The first-order chi connectivity index (χ1) is 12.5. The number of hydrogen-bond donors (Lipinski definition) is 1. The second-order valence-electron chi connectivity index (χ2n) is 5.78. The number of halogens is 1. The lowest BCUT2D eigenvalue weighted by Gasteiger charge is -2.33. The normalized spacial score (nSPS) is 16.2. The molecular weight excluding hydrogens is 348 g/mol. The second-order valence-corrected chi connectivity index (χ2v) is 6.23. The average molecular weight is 371 g/mol. The Hall–Kier alpha value is -2.66. The van der Waals surface area contributed by atoms with Crippen molar-refractivity contribution < 1.29 is 0 Å². The van der Waals surface area contributed by atoms with Gasteiger partial charge in [0.1, 0.15) is 16.9 Å². The van der Waals surface area contributed by atoms with Crippen LogP contribution in [0.15, 0.2) is 64.2 Å². The van der Waals surface area contributed by atoms with Gasteiger partial charge in [0.15, 0.2) is 0 Å². The summed E-state index contributed by atoms with van der Waals surface area (Å²) >= 11 is 6.57. The molecule has 0 spiro atoms. The van der Waals surface area contributed by atoms with Gasteiger partial charge in [-0.15, -0.1) is 0 Å². The molecule has 0 bridgehead atoms. The van der Waals surface area contributed by atoms with Crippen molar-refractivity contribution in [2.24, 2.45) is 4.99 Å². The van der Waals surface area contributed by atoms with Crippen LogP contribution in [0.2, 0.25) is 0 Å². The van der Waals surface area contributed by atoms with E-state index in [0.29, 0.717) is 17.9 Å². The number of fused-ring (bicyclic) bond motifs is 1. The highest BCUT2D eigenvalue weighted by atomic mass is 35.5. The SMILES string of the molecule is C/C=C(\C)C1=CC(Cl)N(Cc2ccccc2)c2c1nc[nH]c2=O.C=NC. The zero-order valence-corrected chi connectivity index (χ0v) is 16.0. The summed E-state index contributed by atoms with van der Waals surface area (Å²) in [4.78, 5) is 24.6. The van der Waals surface area contributed by atoms with Gasteiger partial charge < -0.3 is 14.9 Å². The van der Waals surface area contributed by atoms with Gasteiger partial charge in [0.05, 0.1) is 6.33 Å². The number of allylic oxidation sites excluding steroid dienone is 3. The molecule has 6 heteroatoms. The van der Waals surface area contributed by atoms with Crippen LogP contribution in [0, 0.1) is 0 Å². The van der Waals surface area contributed by atoms with Crippen molar-refractivity contribution in [2.45, 2.75) is 25.9 Å². The summed E-state index contributed by atoms with van der Waals surface area (Å²) in [6, 6.07) is 9.95. The first-order valence-corrected chi connectivity index (χ1v) is 8.69. The number of alkyl halides is 1. The molecule has 1 unspecified atom stereocenters. The number of aromatic nitrogens is 2. The standard InChI is InChI=1S/C18H18ClN3O.C2H5N/c1-3-12(2)14-9-15(19)22(10-13-7-5-4-6-8-13)17-16(14)20-11-21-18(17)23;1-3-2/h3-9,11,15H,10H2,1-2H3,(H,20,21,23);1H2,2H3/b12-3+;. The van der Waals surface area contributed by atoms with Crippen LogP contribution >= 0.6 is 11.6 Å². The summed E-state index contributed by atoms with van der Waals surface area (Å²) in [5, 5.41) is 0. The van der Waals surface area contributed by atoms with E-state index in [2.05, 4.69) is 21.7 Å². The van der Waals surface area contributed by atoms with Gasteiger partial charge in [-0.2, -0.15) is 0 Å². The molecular formula is C20H23ClN4O. The Kier molecular flexibility index (Phi) is 6.92. The van der Waals surface area contributed by atoms with E-state index in [1.54, 1.807) is 7.05 Å². The Balaban J connectivity index is 0.000000758. The van der Waals surface area contributed by atoms with E-state index in [1.807, 2.05) is 61.2 Å². The maximum atomic E-state index is 12.4. The summed E-state index contributed by atoms with van der Waals surface area (Å²) in [5.41, 5.74) is 3.68. The van der Waals surface area contributed by atoms with Gasteiger partial charge in [-0.3, -0.25) is 4.79 Å². The lowest BCUT2D eigenvalue weighted by atomic mass is 9.98. The van der Waals surface area contributed by atoms with Crippen LogP contribution in [-0.2, 0) is 6.54 Å². The van der Waals surface area contributed by atoms with E-state index in [0.717, 1.165) is 16.7 Å². The van der Waals surface area contributed by atoms with Crippen LogP contribution in [0.4, 0.5) is 5.69 Å². The van der Waals surface area contributed by atoms with Gasteiger partial charge in [-0.25, -0.2) is 4.98 Å². The number of anilines is 1. The largest absolute Gasteiger partial charge is 0.341 e. The van der Waals surface area contributed by atoms with Crippen molar-refractivity contribution in [3.05, 3.63) is 76.0 Å². The number of aromatic amines is 1. The number of H-pyrrole nitrogens is 1. The van der Waals surface area contributed by atoms with E-state index in [-0.39, 0.29) is 5.56 Å². The lowest BCUT2D eigenvalue weighted by Crippen LogP contribution is -2.38. The molecule has 2 heterocycles. The quantitative estimate of drug-likeness (QED) is 0.504. The summed E-state index contributed by atoms with van der Waals surface area (Å²) in [5.74, 6) is 0. The predicted molar refractivity (Wildman–Crippen MR) is 110 cm³/mol. The molecule has 0 aliphatic carbocycles. The molecule has 0 saturated heterocycles. The number of hydrogen-bond acceptors (Lipinski definition) is 4. The zero-order chi connectivity index (χ0) is 19.1. The summed E-state index contributed by atoms with van der Waals surface area (Å²) in [7, 11) is 1.64. The zero-order valence-electron chi connectivity index (χ0n) is 15.2. The van der Waals surface area contributed by atoms with E-state index >= 15 is 0 Å². The number of nitrogens with one attached hydrogen (secondary N) is 1. The van der Waals surface area contributed by atoms with E-state index in [9.17, 15) is 4.79 Å². The van der Waals surface area contributed by atoms with Gasteiger partial charge in [0.2, 0.25) is 0 Å². The van der Waals surface area contributed by atoms with Gasteiger partial charge in [0.25, 0.3) is 5.56 Å². The van der Waals surface area contributed by atoms with Crippen LogP contribution < -0.4 is 10.5 Å². The molecule has 1 aliphatic rings. The number of nitrogens with zero attached hydrogens (tertiary/aromatic N) is 3. The minimum Gasteiger partial charge on any atom is -0.341 e. The maximum absolute atomic E-state index is 12.4. The minimum atomic E-state index is -0.405. The van der Waals surface area contributed by atoms with Crippen LogP contribution in [-0.4, -0.2) is 29.2 Å². The molecule has 136 valence electrons. The second kappa shape index (κ2) is 9.15. The first-order valence-electron chi connectivity index (χ1n) is 8.26. The fourth-order valence-corrected chi connectivity index (χ4v) is 3.00. The first kappa shape index (κ1) is 19.7. The fraction of sp³-hybridized carbons (Fsp3) is 0.250. The molecule has 0 radical (unpaired) electrons.